The van der Waals surface area contributed by atoms with Gasteiger partial charge in [0, 0.05) is 29.4 Å². The van der Waals surface area contributed by atoms with E-state index in [1.54, 1.807) is 86.4 Å². The van der Waals surface area contributed by atoms with Crippen LogP contribution >= 0.6 is 0 Å². The topological polar surface area (TPSA) is 140 Å². The van der Waals surface area contributed by atoms with Gasteiger partial charge in [-0.15, -0.1) is 0 Å². The molecule has 5 aromatic rings. The van der Waals surface area contributed by atoms with Crippen LogP contribution in [0.15, 0.2) is 83.8 Å². The van der Waals surface area contributed by atoms with E-state index in [2.05, 4.69) is 10.3 Å². The van der Waals surface area contributed by atoms with E-state index in [-0.39, 0.29) is 29.5 Å². The molecule has 1 amide bonds. The fraction of sp³-hybridized carbons (Fsp3) is 0.257. The third-order valence-corrected chi connectivity index (χ3v) is 7.68. The number of ether oxygens (including phenoxy) is 3. The molecule has 0 saturated heterocycles. The summed E-state index contributed by atoms with van der Waals surface area (Å²) in [7, 11) is 1.55. The van der Waals surface area contributed by atoms with Gasteiger partial charge < -0.3 is 25.3 Å². The molecule has 1 unspecified atom stereocenters. The van der Waals surface area contributed by atoms with E-state index in [9.17, 15) is 14.4 Å². The van der Waals surface area contributed by atoms with Gasteiger partial charge in [-0.05, 0) is 62.2 Å². The number of pyridine rings is 1. The Morgan fingerprint density at radius 3 is 2.43 bits per heavy atom. The largest absolute Gasteiger partial charge is 0.497 e. The van der Waals surface area contributed by atoms with E-state index in [0.717, 1.165) is 6.07 Å². The molecule has 0 aliphatic heterocycles. The van der Waals surface area contributed by atoms with E-state index in [0.29, 0.717) is 33.8 Å². The Kier molecular flexibility index (Phi) is 9.71. The van der Waals surface area contributed by atoms with Crippen LogP contribution in [0.1, 0.15) is 36.8 Å². The van der Waals surface area contributed by atoms with Crippen LogP contribution in [0.3, 0.4) is 0 Å². The summed E-state index contributed by atoms with van der Waals surface area (Å²) in [6.07, 6.45) is 0.871. The Labute approximate surface area is 270 Å². The minimum atomic E-state index is -0.800. The molecule has 0 bridgehead atoms. The number of carbonyl (C=O) groups excluding carboxylic acids is 2. The number of esters is 1. The van der Waals surface area contributed by atoms with E-state index < -0.39 is 35.4 Å². The molecule has 0 aliphatic carbocycles. The maximum absolute atomic E-state index is 15.3. The predicted octanol–water partition coefficient (Wildman–Crippen LogP) is 5.60. The molecule has 5 rings (SSSR count). The zero-order valence-electron chi connectivity index (χ0n) is 26.7. The average molecular weight is 642 g/mol. The molecule has 244 valence electrons. The summed E-state index contributed by atoms with van der Waals surface area (Å²) in [5.41, 5.74) is 6.78. The van der Waals surface area contributed by atoms with Crippen molar-refractivity contribution in [2.24, 2.45) is 11.7 Å². The second kappa shape index (κ2) is 13.9. The number of nitrogens with two attached hydrogens (primary N) is 1. The van der Waals surface area contributed by atoms with Crippen molar-refractivity contribution in [2.75, 3.05) is 12.4 Å². The lowest BCUT2D eigenvalue weighted by Gasteiger charge is -2.21. The summed E-state index contributed by atoms with van der Waals surface area (Å²) in [6, 6.07) is 18.8. The van der Waals surface area contributed by atoms with E-state index >= 15 is 4.39 Å². The normalized spacial score (nSPS) is 12.5. The SMILES string of the molecule is COc1ccc2c(Oc3ccc(NC(=O)c4c(C)n(C[C@H](C)OC(=O)C(N)C(C)C)n(-c5ccccc5)c4=O)cc3F)ccnc2c1. The number of nitrogens with zero attached hydrogens (tertiary/aromatic N) is 3. The van der Waals surface area contributed by atoms with Gasteiger partial charge in [0.1, 0.15) is 29.2 Å². The van der Waals surface area contributed by atoms with Gasteiger partial charge in [-0.1, -0.05) is 32.0 Å². The van der Waals surface area contributed by atoms with Crippen molar-refractivity contribution >= 4 is 28.5 Å². The zero-order chi connectivity index (χ0) is 33.8. The van der Waals surface area contributed by atoms with Gasteiger partial charge in [0.25, 0.3) is 11.5 Å². The van der Waals surface area contributed by atoms with Gasteiger partial charge in [-0.2, -0.15) is 0 Å². The number of amides is 1. The van der Waals surface area contributed by atoms with Crippen LogP contribution in [-0.2, 0) is 16.1 Å². The Morgan fingerprint density at radius 2 is 1.74 bits per heavy atom. The Morgan fingerprint density at radius 1 is 1.00 bits per heavy atom. The summed E-state index contributed by atoms with van der Waals surface area (Å²) in [5.74, 6) is -1.20. The molecule has 3 aromatic carbocycles. The van der Waals surface area contributed by atoms with Crippen LogP contribution in [0.5, 0.6) is 17.2 Å². The number of methoxy groups -OCH3 is 1. The number of halogens is 1. The summed E-state index contributed by atoms with van der Waals surface area (Å²) in [6.45, 7) is 7.00. The lowest BCUT2D eigenvalue weighted by molar-refractivity contribution is -0.151. The van der Waals surface area contributed by atoms with Crippen LogP contribution in [-0.4, -0.2) is 45.5 Å². The second-order valence-electron chi connectivity index (χ2n) is 11.4. The molecule has 11 nitrogen and oxygen atoms in total. The van der Waals surface area contributed by atoms with Crippen molar-refractivity contribution in [3.63, 3.8) is 0 Å². The third-order valence-electron chi connectivity index (χ3n) is 7.68. The minimum Gasteiger partial charge on any atom is -0.497 e. The van der Waals surface area contributed by atoms with Crippen LogP contribution < -0.4 is 26.1 Å². The maximum Gasteiger partial charge on any atom is 0.323 e. The number of hydrogen-bond donors (Lipinski definition) is 2. The molecule has 47 heavy (non-hydrogen) atoms. The van der Waals surface area contributed by atoms with Crippen LogP contribution in [0.25, 0.3) is 16.6 Å². The molecule has 12 heteroatoms. The first kappa shape index (κ1) is 32.9. The molecule has 0 radical (unpaired) electrons. The lowest BCUT2D eigenvalue weighted by atomic mass is 10.1. The number of hydrogen-bond acceptors (Lipinski definition) is 8. The van der Waals surface area contributed by atoms with Gasteiger partial charge >= 0.3 is 5.97 Å². The third kappa shape index (κ3) is 7.02. The molecule has 2 atom stereocenters. The summed E-state index contributed by atoms with van der Waals surface area (Å²) in [5, 5.41) is 3.29. The van der Waals surface area contributed by atoms with E-state index in [1.165, 1.54) is 16.8 Å². The standard InChI is InChI=1S/C35H36FN5O6/c1-20(2)32(37)35(44)46-21(3)19-40-22(4)31(34(43)41(40)24-9-7-6-8-10-24)33(42)39-23-11-14-30(27(36)17-23)47-29-15-16-38-28-18-25(45-5)12-13-26(28)29/h6-18,20-21,32H,19,37H2,1-5H3,(H,39,42)/t21-,32?/m0/s1. The van der Waals surface area contributed by atoms with Gasteiger partial charge in [-0.3, -0.25) is 24.0 Å². The van der Waals surface area contributed by atoms with Crippen LogP contribution in [0.4, 0.5) is 10.1 Å². The van der Waals surface area contributed by atoms with Gasteiger partial charge in [0.15, 0.2) is 11.6 Å². The Balaban J connectivity index is 1.40. The predicted molar refractivity (Wildman–Crippen MR) is 176 cm³/mol. The molecule has 0 saturated carbocycles. The monoisotopic (exact) mass is 641 g/mol. The summed E-state index contributed by atoms with van der Waals surface area (Å²) >= 11 is 0. The van der Waals surface area contributed by atoms with E-state index in [1.807, 2.05) is 13.8 Å². The van der Waals surface area contributed by atoms with Gasteiger partial charge in [-0.25, -0.2) is 9.07 Å². The molecule has 0 fully saturated rings. The Hall–Kier alpha value is -5.49. The lowest BCUT2D eigenvalue weighted by Crippen LogP contribution is -2.39. The number of nitrogens with one attached hydrogen (secondary N) is 1. The number of anilines is 1. The Bertz CT molecular complexity index is 1990. The molecule has 2 heterocycles. The summed E-state index contributed by atoms with van der Waals surface area (Å²) in [4.78, 5) is 44.1. The molecular formula is C35H36FN5O6. The molecule has 0 spiro atoms. The highest BCUT2D eigenvalue weighted by molar-refractivity contribution is 6.05. The number of benzene rings is 3. The molecule has 2 aromatic heterocycles. The average Bonchev–Trinajstić information content (AvgIpc) is 3.29. The number of aromatic nitrogens is 3. The van der Waals surface area contributed by atoms with Crippen molar-refractivity contribution in [3.05, 3.63) is 106 Å². The maximum atomic E-state index is 15.3. The molecular weight excluding hydrogens is 605 g/mol. The fourth-order valence-electron chi connectivity index (χ4n) is 5.08. The van der Waals surface area contributed by atoms with Crippen LogP contribution in [0.2, 0.25) is 0 Å². The van der Waals surface area contributed by atoms with Crippen molar-refractivity contribution in [1.29, 1.82) is 0 Å². The van der Waals surface area contributed by atoms with Crippen molar-refractivity contribution in [3.8, 4) is 22.9 Å². The highest BCUT2D eigenvalue weighted by Gasteiger charge is 2.27. The number of rotatable bonds is 11. The quantitative estimate of drug-likeness (QED) is 0.178. The first-order valence-electron chi connectivity index (χ1n) is 15.0. The van der Waals surface area contributed by atoms with Crippen LogP contribution in [0, 0.1) is 18.7 Å². The summed E-state index contributed by atoms with van der Waals surface area (Å²) < 4.78 is 34.9. The zero-order valence-corrected chi connectivity index (χ0v) is 26.7. The van der Waals surface area contributed by atoms with Crippen molar-refractivity contribution in [1.82, 2.24) is 14.3 Å². The second-order valence-corrected chi connectivity index (χ2v) is 11.4. The fourth-order valence-corrected chi connectivity index (χ4v) is 5.08. The first-order chi connectivity index (χ1) is 22.5. The van der Waals surface area contributed by atoms with Gasteiger partial charge in [0.2, 0.25) is 0 Å². The van der Waals surface area contributed by atoms with E-state index in [4.69, 9.17) is 19.9 Å². The highest BCUT2D eigenvalue weighted by atomic mass is 19.1. The smallest absolute Gasteiger partial charge is 0.323 e. The van der Waals surface area contributed by atoms with Crippen molar-refractivity contribution < 1.29 is 28.2 Å². The first-order valence-corrected chi connectivity index (χ1v) is 15.0. The highest BCUT2D eigenvalue weighted by Crippen LogP contribution is 2.33. The van der Waals surface area contributed by atoms with Crippen molar-refractivity contribution in [2.45, 2.75) is 46.4 Å². The minimum absolute atomic E-state index is 0.0664. The number of para-hydroxylation sites is 1. The number of fused-ring (bicyclic) bond motifs is 1. The molecule has 0 aliphatic rings. The molecule has 3 N–H and O–H groups in total. The number of carbonyl (C=O) groups is 2. The van der Waals surface area contributed by atoms with Gasteiger partial charge in [0.05, 0.1) is 30.6 Å².